The van der Waals surface area contributed by atoms with Gasteiger partial charge < -0.3 is 15.1 Å². The second-order valence-corrected chi connectivity index (χ2v) is 8.72. The van der Waals surface area contributed by atoms with E-state index in [0.29, 0.717) is 43.4 Å². The molecule has 0 spiro atoms. The van der Waals surface area contributed by atoms with E-state index in [4.69, 9.17) is 0 Å². The smallest absolute Gasteiger partial charge is 0.253 e. The van der Waals surface area contributed by atoms with Gasteiger partial charge in [-0.05, 0) is 54.8 Å². The number of nitrogens with zero attached hydrogens (tertiary/aromatic N) is 5. The van der Waals surface area contributed by atoms with Crippen molar-refractivity contribution in [3.8, 4) is 11.1 Å². The zero-order valence-electron chi connectivity index (χ0n) is 20.0. The number of anilines is 3. The van der Waals surface area contributed by atoms with Crippen LogP contribution in [0.15, 0.2) is 79.0 Å². The van der Waals surface area contributed by atoms with Crippen LogP contribution in [-0.4, -0.2) is 51.9 Å². The van der Waals surface area contributed by atoms with E-state index >= 15 is 0 Å². The number of hydrogen-bond acceptors (Lipinski definition) is 6. The lowest BCUT2D eigenvalue weighted by Gasteiger charge is -2.35. The van der Waals surface area contributed by atoms with Crippen LogP contribution in [0.1, 0.15) is 21.7 Å². The lowest BCUT2D eigenvalue weighted by atomic mass is 10.0. The minimum absolute atomic E-state index is 0.0657. The van der Waals surface area contributed by atoms with Crippen molar-refractivity contribution in [1.82, 2.24) is 19.9 Å². The molecule has 1 amide bonds. The third-order valence-electron chi connectivity index (χ3n) is 6.13. The summed E-state index contributed by atoms with van der Waals surface area (Å²) in [6, 6.07) is 23.9. The summed E-state index contributed by atoms with van der Waals surface area (Å²) >= 11 is 0. The summed E-state index contributed by atoms with van der Waals surface area (Å²) in [7, 11) is 0. The molecule has 1 N–H and O–H groups in total. The Balaban J connectivity index is 1.23. The largest absolute Gasteiger partial charge is 0.353 e. The van der Waals surface area contributed by atoms with Gasteiger partial charge in [0, 0.05) is 44.0 Å². The maximum absolute atomic E-state index is 13.1. The fourth-order valence-corrected chi connectivity index (χ4v) is 4.27. The SMILES string of the molecule is Cc1ccnc(Nc2cc(N3CCN(C(=O)c4ccc(-c5ccccc5)cc4)CC3)nc(C)n2)c1. The van der Waals surface area contributed by atoms with Crippen LogP contribution >= 0.6 is 0 Å². The van der Waals surface area contributed by atoms with Gasteiger partial charge in [-0.1, -0.05) is 42.5 Å². The van der Waals surface area contributed by atoms with Gasteiger partial charge in [0.25, 0.3) is 5.91 Å². The van der Waals surface area contributed by atoms with Crippen LogP contribution in [0.25, 0.3) is 11.1 Å². The summed E-state index contributed by atoms with van der Waals surface area (Å²) in [5.41, 5.74) is 4.10. The second-order valence-electron chi connectivity index (χ2n) is 8.72. The highest BCUT2D eigenvalue weighted by molar-refractivity contribution is 5.95. The van der Waals surface area contributed by atoms with Gasteiger partial charge in [0.2, 0.25) is 0 Å². The summed E-state index contributed by atoms with van der Waals surface area (Å²) in [6.45, 7) is 6.63. The van der Waals surface area contributed by atoms with E-state index in [1.165, 1.54) is 0 Å². The first kappa shape index (κ1) is 22.5. The number of nitrogens with one attached hydrogen (secondary N) is 1. The van der Waals surface area contributed by atoms with Crippen molar-refractivity contribution >= 4 is 23.4 Å². The maximum Gasteiger partial charge on any atom is 0.253 e. The zero-order chi connectivity index (χ0) is 24.2. The number of aryl methyl sites for hydroxylation is 2. The third-order valence-corrected chi connectivity index (χ3v) is 6.13. The molecule has 35 heavy (non-hydrogen) atoms. The quantitative estimate of drug-likeness (QED) is 0.455. The first-order valence-electron chi connectivity index (χ1n) is 11.8. The summed E-state index contributed by atoms with van der Waals surface area (Å²) < 4.78 is 0. The highest BCUT2D eigenvalue weighted by Gasteiger charge is 2.23. The van der Waals surface area contributed by atoms with E-state index in [1.54, 1.807) is 6.20 Å². The summed E-state index contributed by atoms with van der Waals surface area (Å²) in [4.78, 5) is 30.7. The third kappa shape index (κ3) is 5.30. The first-order chi connectivity index (χ1) is 17.0. The molecule has 1 saturated heterocycles. The monoisotopic (exact) mass is 464 g/mol. The second kappa shape index (κ2) is 9.93. The summed E-state index contributed by atoms with van der Waals surface area (Å²) in [6.07, 6.45) is 1.78. The number of hydrogen-bond donors (Lipinski definition) is 1. The van der Waals surface area contributed by atoms with Gasteiger partial charge in [-0.2, -0.15) is 0 Å². The molecule has 2 aromatic heterocycles. The molecule has 0 radical (unpaired) electrons. The lowest BCUT2D eigenvalue weighted by Crippen LogP contribution is -2.49. The lowest BCUT2D eigenvalue weighted by molar-refractivity contribution is 0.0746. The van der Waals surface area contributed by atoms with Gasteiger partial charge in [-0.15, -0.1) is 0 Å². The molecule has 7 heteroatoms. The molecule has 2 aromatic carbocycles. The van der Waals surface area contributed by atoms with Crippen LogP contribution in [0.4, 0.5) is 17.5 Å². The Bertz CT molecular complexity index is 1320. The zero-order valence-corrected chi connectivity index (χ0v) is 20.0. The van der Waals surface area contributed by atoms with Crippen LogP contribution in [0.2, 0.25) is 0 Å². The number of benzene rings is 2. The van der Waals surface area contributed by atoms with Crippen molar-refractivity contribution in [1.29, 1.82) is 0 Å². The molecule has 1 aliphatic rings. The minimum atomic E-state index is 0.0657. The Morgan fingerprint density at radius 2 is 1.51 bits per heavy atom. The van der Waals surface area contributed by atoms with Gasteiger partial charge in [-0.25, -0.2) is 15.0 Å². The average Bonchev–Trinajstić information content (AvgIpc) is 2.89. The normalized spacial score (nSPS) is 13.5. The number of rotatable bonds is 5. The Kier molecular flexibility index (Phi) is 6.39. The number of pyridine rings is 1. The van der Waals surface area contributed by atoms with Crippen molar-refractivity contribution in [3.05, 3.63) is 95.9 Å². The Morgan fingerprint density at radius 3 is 2.23 bits per heavy atom. The molecule has 4 aromatic rings. The number of piperazine rings is 1. The van der Waals surface area contributed by atoms with E-state index in [-0.39, 0.29) is 5.91 Å². The minimum Gasteiger partial charge on any atom is -0.353 e. The molecule has 176 valence electrons. The van der Waals surface area contributed by atoms with Crippen molar-refractivity contribution in [2.24, 2.45) is 0 Å². The first-order valence-corrected chi connectivity index (χ1v) is 11.8. The molecule has 1 fully saturated rings. The van der Waals surface area contributed by atoms with E-state index in [2.05, 4.69) is 37.3 Å². The highest BCUT2D eigenvalue weighted by atomic mass is 16.2. The van der Waals surface area contributed by atoms with E-state index in [9.17, 15) is 4.79 Å². The maximum atomic E-state index is 13.1. The molecule has 0 aliphatic carbocycles. The van der Waals surface area contributed by atoms with Crippen LogP contribution in [-0.2, 0) is 0 Å². The Hall–Kier alpha value is -4.26. The number of amides is 1. The van der Waals surface area contributed by atoms with E-state index in [1.807, 2.05) is 79.4 Å². The van der Waals surface area contributed by atoms with Gasteiger partial charge in [0.1, 0.15) is 23.3 Å². The van der Waals surface area contributed by atoms with Crippen LogP contribution < -0.4 is 10.2 Å². The van der Waals surface area contributed by atoms with Crippen molar-refractivity contribution in [2.75, 3.05) is 36.4 Å². The standard InChI is InChI=1S/C28H28N6O/c1-20-12-13-29-25(18-20)32-26-19-27(31-21(2)30-26)33-14-16-34(17-15-33)28(35)24-10-8-23(9-11-24)22-6-4-3-5-7-22/h3-13,18-19H,14-17H2,1-2H3,(H,29,30,31,32). The fraction of sp³-hybridized carbons (Fsp3) is 0.214. The Morgan fingerprint density at radius 1 is 0.800 bits per heavy atom. The molecular weight excluding hydrogens is 436 g/mol. The van der Waals surface area contributed by atoms with Crippen LogP contribution in [0.5, 0.6) is 0 Å². The molecule has 5 rings (SSSR count). The van der Waals surface area contributed by atoms with Crippen molar-refractivity contribution in [3.63, 3.8) is 0 Å². The van der Waals surface area contributed by atoms with Gasteiger partial charge in [-0.3, -0.25) is 4.79 Å². The number of aromatic nitrogens is 3. The van der Waals surface area contributed by atoms with Gasteiger partial charge in [0.15, 0.2) is 0 Å². The molecule has 1 aliphatic heterocycles. The molecule has 3 heterocycles. The average molecular weight is 465 g/mol. The predicted molar refractivity (Wildman–Crippen MR) is 139 cm³/mol. The van der Waals surface area contributed by atoms with Crippen LogP contribution in [0.3, 0.4) is 0 Å². The Labute approximate surface area is 205 Å². The van der Waals surface area contributed by atoms with Crippen molar-refractivity contribution < 1.29 is 4.79 Å². The molecule has 0 saturated carbocycles. The summed E-state index contributed by atoms with van der Waals surface area (Å²) in [5, 5.41) is 3.28. The van der Waals surface area contributed by atoms with Gasteiger partial charge >= 0.3 is 0 Å². The van der Waals surface area contributed by atoms with E-state index in [0.717, 1.165) is 28.3 Å². The molecule has 0 bridgehead atoms. The fourth-order valence-electron chi connectivity index (χ4n) is 4.27. The molecule has 0 atom stereocenters. The summed E-state index contributed by atoms with van der Waals surface area (Å²) in [5.74, 6) is 3.07. The number of carbonyl (C=O) groups is 1. The number of carbonyl (C=O) groups excluding carboxylic acids is 1. The van der Waals surface area contributed by atoms with Gasteiger partial charge in [0.05, 0.1) is 0 Å². The molecule has 0 unspecified atom stereocenters. The topological polar surface area (TPSA) is 74.2 Å². The molecular formula is C28H28N6O. The van der Waals surface area contributed by atoms with Crippen LogP contribution in [0, 0.1) is 13.8 Å². The highest BCUT2D eigenvalue weighted by Crippen LogP contribution is 2.22. The predicted octanol–water partition coefficient (Wildman–Crippen LogP) is 4.86. The molecule has 7 nitrogen and oxygen atoms in total. The van der Waals surface area contributed by atoms with E-state index < -0.39 is 0 Å². The van der Waals surface area contributed by atoms with Crippen molar-refractivity contribution in [2.45, 2.75) is 13.8 Å².